The summed E-state index contributed by atoms with van der Waals surface area (Å²) in [6, 6.07) is 11.9. The Kier molecular flexibility index (Phi) is 5.36. The Morgan fingerprint density at radius 3 is 2.52 bits per heavy atom. The van der Waals surface area contributed by atoms with Crippen molar-refractivity contribution in [3.8, 4) is 5.75 Å². The molecule has 2 aromatic carbocycles. The second-order valence-corrected chi connectivity index (χ2v) is 4.90. The minimum absolute atomic E-state index is 0.277. The van der Waals surface area contributed by atoms with Crippen molar-refractivity contribution in [1.82, 2.24) is 0 Å². The number of amides is 1. The van der Waals surface area contributed by atoms with Gasteiger partial charge in [0.1, 0.15) is 5.75 Å². The first-order valence-corrected chi connectivity index (χ1v) is 7.29. The van der Waals surface area contributed by atoms with Gasteiger partial charge >= 0.3 is 5.97 Å². The van der Waals surface area contributed by atoms with Gasteiger partial charge in [0.2, 0.25) is 0 Å². The van der Waals surface area contributed by atoms with Crippen molar-refractivity contribution in [3.63, 3.8) is 0 Å². The van der Waals surface area contributed by atoms with Crippen LogP contribution < -0.4 is 10.1 Å². The Morgan fingerprint density at radius 1 is 1.13 bits per heavy atom. The van der Waals surface area contributed by atoms with Crippen molar-refractivity contribution < 1.29 is 19.1 Å². The number of esters is 1. The molecule has 0 spiro atoms. The molecule has 0 atom stereocenters. The summed E-state index contributed by atoms with van der Waals surface area (Å²) in [7, 11) is 1.58. The number of para-hydroxylation sites is 1. The maximum absolute atomic E-state index is 12.4. The summed E-state index contributed by atoms with van der Waals surface area (Å²) in [6.07, 6.45) is 0. The van der Waals surface area contributed by atoms with Crippen LogP contribution in [0.1, 0.15) is 33.2 Å². The van der Waals surface area contributed by atoms with Gasteiger partial charge in [-0.1, -0.05) is 12.1 Å². The highest BCUT2D eigenvalue weighted by molar-refractivity contribution is 6.08. The normalized spacial score (nSPS) is 10.0. The number of nitrogens with one attached hydrogen (secondary N) is 1. The summed E-state index contributed by atoms with van der Waals surface area (Å²) in [5.74, 6) is -0.0460. The van der Waals surface area contributed by atoms with Gasteiger partial charge in [-0.25, -0.2) is 4.79 Å². The van der Waals surface area contributed by atoms with Crippen LogP contribution in [0.2, 0.25) is 0 Å². The minimum Gasteiger partial charge on any atom is -0.496 e. The highest BCUT2D eigenvalue weighted by atomic mass is 16.5. The standard InChI is InChI=1S/C18H19NO4/c1-4-23-18(21)14-7-5-6-8-15(14)19-17(20)13-9-10-16(22-3)12(2)11-13/h5-11H,4H2,1-3H3,(H,19,20). The van der Waals surface area contributed by atoms with E-state index in [1.165, 1.54) is 0 Å². The summed E-state index contributed by atoms with van der Waals surface area (Å²) < 4.78 is 10.2. The largest absolute Gasteiger partial charge is 0.496 e. The second kappa shape index (κ2) is 7.45. The van der Waals surface area contributed by atoms with E-state index in [1.54, 1.807) is 56.5 Å². The molecule has 0 radical (unpaired) electrons. The summed E-state index contributed by atoms with van der Waals surface area (Å²) in [4.78, 5) is 24.3. The van der Waals surface area contributed by atoms with Gasteiger partial charge < -0.3 is 14.8 Å². The molecule has 0 heterocycles. The van der Waals surface area contributed by atoms with Crippen LogP contribution in [0.3, 0.4) is 0 Å². The Bertz CT molecular complexity index is 725. The number of carbonyl (C=O) groups is 2. The van der Waals surface area contributed by atoms with Crippen LogP contribution in [0.4, 0.5) is 5.69 Å². The van der Waals surface area contributed by atoms with E-state index in [2.05, 4.69) is 5.32 Å². The van der Waals surface area contributed by atoms with Crippen LogP contribution in [0.25, 0.3) is 0 Å². The van der Waals surface area contributed by atoms with Crippen molar-refractivity contribution in [2.24, 2.45) is 0 Å². The molecule has 2 aromatic rings. The van der Waals surface area contributed by atoms with Gasteiger partial charge in [0.15, 0.2) is 0 Å². The van der Waals surface area contributed by atoms with Gasteiger partial charge in [0, 0.05) is 5.56 Å². The van der Waals surface area contributed by atoms with Gasteiger partial charge in [0.05, 0.1) is 25.0 Å². The number of hydrogen-bond donors (Lipinski definition) is 1. The lowest BCUT2D eigenvalue weighted by atomic mass is 10.1. The van der Waals surface area contributed by atoms with Crippen LogP contribution in [0.15, 0.2) is 42.5 Å². The summed E-state index contributed by atoms with van der Waals surface area (Å²) in [6.45, 7) is 3.88. The number of methoxy groups -OCH3 is 1. The summed E-state index contributed by atoms with van der Waals surface area (Å²) in [5, 5.41) is 2.75. The predicted octanol–water partition coefficient (Wildman–Crippen LogP) is 3.43. The van der Waals surface area contributed by atoms with E-state index >= 15 is 0 Å². The van der Waals surface area contributed by atoms with Crippen molar-refractivity contribution in [2.75, 3.05) is 19.0 Å². The second-order valence-electron chi connectivity index (χ2n) is 4.90. The Morgan fingerprint density at radius 2 is 1.87 bits per heavy atom. The SMILES string of the molecule is CCOC(=O)c1ccccc1NC(=O)c1ccc(OC)c(C)c1. The number of hydrogen-bond acceptors (Lipinski definition) is 4. The van der Waals surface area contributed by atoms with E-state index in [0.717, 1.165) is 5.56 Å². The van der Waals surface area contributed by atoms with Crippen LogP contribution in [-0.2, 0) is 4.74 Å². The van der Waals surface area contributed by atoms with Crippen LogP contribution >= 0.6 is 0 Å². The molecule has 5 heteroatoms. The molecule has 0 aromatic heterocycles. The van der Waals surface area contributed by atoms with E-state index in [0.29, 0.717) is 22.6 Å². The first kappa shape index (κ1) is 16.5. The zero-order valence-corrected chi connectivity index (χ0v) is 13.4. The number of carbonyl (C=O) groups excluding carboxylic acids is 2. The lowest BCUT2D eigenvalue weighted by molar-refractivity contribution is 0.0527. The van der Waals surface area contributed by atoms with Crippen molar-refractivity contribution in [3.05, 3.63) is 59.2 Å². The first-order valence-electron chi connectivity index (χ1n) is 7.29. The minimum atomic E-state index is -0.464. The lowest BCUT2D eigenvalue weighted by Crippen LogP contribution is -2.16. The topological polar surface area (TPSA) is 64.6 Å². The van der Waals surface area contributed by atoms with Crippen LogP contribution in [-0.4, -0.2) is 25.6 Å². The number of anilines is 1. The maximum atomic E-state index is 12.4. The molecule has 0 saturated carbocycles. The van der Waals surface area contributed by atoms with Crippen molar-refractivity contribution >= 4 is 17.6 Å². The van der Waals surface area contributed by atoms with E-state index in [-0.39, 0.29) is 12.5 Å². The fourth-order valence-electron chi connectivity index (χ4n) is 2.19. The highest BCUT2D eigenvalue weighted by Gasteiger charge is 2.15. The van der Waals surface area contributed by atoms with Gasteiger partial charge in [-0.2, -0.15) is 0 Å². The summed E-state index contributed by atoms with van der Waals surface area (Å²) >= 11 is 0. The maximum Gasteiger partial charge on any atom is 0.340 e. The average molecular weight is 313 g/mol. The fraction of sp³-hybridized carbons (Fsp3) is 0.222. The Labute approximate surface area is 135 Å². The molecule has 120 valence electrons. The number of benzene rings is 2. The Hall–Kier alpha value is -2.82. The molecule has 1 amide bonds. The quantitative estimate of drug-likeness (QED) is 0.859. The molecule has 23 heavy (non-hydrogen) atoms. The zero-order chi connectivity index (χ0) is 16.8. The molecular formula is C18H19NO4. The molecule has 0 fully saturated rings. The highest BCUT2D eigenvalue weighted by Crippen LogP contribution is 2.21. The van der Waals surface area contributed by atoms with E-state index in [4.69, 9.17) is 9.47 Å². The zero-order valence-electron chi connectivity index (χ0n) is 13.4. The van der Waals surface area contributed by atoms with Gasteiger partial charge in [-0.05, 0) is 49.7 Å². The van der Waals surface area contributed by atoms with E-state index in [9.17, 15) is 9.59 Å². The van der Waals surface area contributed by atoms with Gasteiger partial charge in [0.25, 0.3) is 5.91 Å². The number of rotatable bonds is 5. The molecule has 2 rings (SSSR count). The van der Waals surface area contributed by atoms with E-state index in [1.807, 2.05) is 6.92 Å². The molecule has 0 aliphatic carbocycles. The third-order valence-corrected chi connectivity index (χ3v) is 3.33. The summed E-state index contributed by atoms with van der Waals surface area (Å²) in [5.41, 5.74) is 2.10. The lowest BCUT2D eigenvalue weighted by Gasteiger charge is -2.11. The molecular weight excluding hydrogens is 294 g/mol. The average Bonchev–Trinajstić information content (AvgIpc) is 2.55. The molecule has 5 nitrogen and oxygen atoms in total. The van der Waals surface area contributed by atoms with Gasteiger partial charge in [-0.15, -0.1) is 0 Å². The predicted molar refractivity (Wildman–Crippen MR) is 88.1 cm³/mol. The van der Waals surface area contributed by atoms with Crippen LogP contribution in [0.5, 0.6) is 5.75 Å². The molecule has 0 unspecified atom stereocenters. The number of aryl methyl sites for hydroxylation is 1. The van der Waals surface area contributed by atoms with E-state index < -0.39 is 5.97 Å². The van der Waals surface area contributed by atoms with Crippen LogP contribution in [0, 0.1) is 6.92 Å². The Balaban J connectivity index is 2.24. The smallest absolute Gasteiger partial charge is 0.340 e. The molecule has 1 N–H and O–H groups in total. The van der Waals surface area contributed by atoms with Crippen molar-refractivity contribution in [1.29, 1.82) is 0 Å². The van der Waals surface area contributed by atoms with Crippen molar-refractivity contribution in [2.45, 2.75) is 13.8 Å². The number of ether oxygens (including phenoxy) is 2. The fourth-order valence-corrected chi connectivity index (χ4v) is 2.19. The molecule has 0 aliphatic heterocycles. The molecule has 0 bridgehead atoms. The molecule has 0 saturated heterocycles. The molecule has 0 aliphatic rings. The van der Waals surface area contributed by atoms with Gasteiger partial charge in [-0.3, -0.25) is 4.79 Å². The first-order chi connectivity index (χ1) is 11.1. The monoisotopic (exact) mass is 313 g/mol. The third kappa shape index (κ3) is 3.88. The third-order valence-electron chi connectivity index (χ3n) is 3.33.